The van der Waals surface area contributed by atoms with Crippen LogP contribution in [0.25, 0.3) is 11.9 Å². The van der Waals surface area contributed by atoms with Gasteiger partial charge in [-0.1, -0.05) is 19.1 Å². The van der Waals surface area contributed by atoms with Crippen LogP contribution in [0.3, 0.4) is 0 Å². The second kappa shape index (κ2) is 11.2. The first-order valence-electron chi connectivity index (χ1n) is 12.5. The molecule has 2 aromatic heterocycles. The molecule has 5 rings (SSSR count). The summed E-state index contributed by atoms with van der Waals surface area (Å²) in [4.78, 5) is 15.0. The maximum absolute atomic E-state index is 13.6. The van der Waals surface area contributed by atoms with E-state index in [1.54, 1.807) is 11.6 Å². The van der Waals surface area contributed by atoms with Gasteiger partial charge in [0.2, 0.25) is 5.95 Å². The Morgan fingerprint density at radius 3 is 2.29 bits per heavy atom. The standard InChI is InChI=1S/C26H32F2N8O.ClH/c1-3-22-18(5-4-6-33-7-9-34(10-8-33)21-12-19(27)11-20(28)13-21)15-30-36(22)24-14-23(31-25(29)32-24)35-16-26(2,37)17-35;/h4-5,11-15,37H,3,6-10,16-17H2,1-2H3,(H2,29,31,32);1H/b5-4+;. The highest BCUT2D eigenvalue weighted by atomic mass is 35.5. The van der Waals surface area contributed by atoms with Gasteiger partial charge >= 0.3 is 0 Å². The lowest BCUT2D eigenvalue weighted by Gasteiger charge is -2.44. The predicted octanol–water partition coefficient (Wildman–Crippen LogP) is 2.91. The van der Waals surface area contributed by atoms with E-state index in [0.717, 1.165) is 43.4 Å². The Balaban J connectivity index is 0.00000336. The van der Waals surface area contributed by atoms with Crippen LogP contribution in [0.15, 0.2) is 36.5 Å². The Bertz CT molecular complexity index is 1280. The van der Waals surface area contributed by atoms with Gasteiger partial charge in [-0.15, -0.1) is 12.4 Å². The lowest BCUT2D eigenvalue weighted by molar-refractivity contribution is 0.0305. The van der Waals surface area contributed by atoms with Crippen LogP contribution < -0.4 is 15.5 Å². The molecule has 4 heterocycles. The van der Waals surface area contributed by atoms with Crippen molar-refractivity contribution >= 4 is 35.9 Å². The zero-order chi connectivity index (χ0) is 26.2. The fourth-order valence-electron chi connectivity index (χ4n) is 4.96. The summed E-state index contributed by atoms with van der Waals surface area (Å²) in [5.74, 6) is 0.317. The largest absolute Gasteiger partial charge is 0.386 e. The van der Waals surface area contributed by atoms with Crippen LogP contribution in [-0.2, 0) is 6.42 Å². The molecule has 0 atom stereocenters. The van der Waals surface area contributed by atoms with Gasteiger partial charge in [-0.05, 0) is 25.5 Å². The average molecular weight is 547 g/mol. The molecule has 3 N–H and O–H groups in total. The van der Waals surface area contributed by atoms with Gasteiger partial charge in [-0.3, -0.25) is 4.90 Å². The zero-order valence-electron chi connectivity index (χ0n) is 21.5. The highest BCUT2D eigenvalue weighted by Gasteiger charge is 2.37. The Morgan fingerprint density at radius 2 is 1.66 bits per heavy atom. The molecule has 0 radical (unpaired) electrons. The molecule has 0 aliphatic carbocycles. The van der Waals surface area contributed by atoms with Crippen LogP contribution in [-0.4, -0.2) is 81.2 Å². The number of halogens is 3. The van der Waals surface area contributed by atoms with Crippen molar-refractivity contribution in [3.63, 3.8) is 0 Å². The van der Waals surface area contributed by atoms with E-state index < -0.39 is 17.2 Å². The van der Waals surface area contributed by atoms with Crippen molar-refractivity contribution in [3.8, 4) is 5.82 Å². The van der Waals surface area contributed by atoms with Crippen LogP contribution >= 0.6 is 12.4 Å². The number of hydrogen-bond donors (Lipinski definition) is 2. The van der Waals surface area contributed by atoms with Gasteiger partial charge < -0.3 is 20.6 Å². The molecule has 0 saturated carbocycles. The van der Waals surface area contributed by atoms with E-state index in [9.17, 15) is 13.9 Å². The number of rotatable bonds is 7. The van der Waals surface area contributed by atoms with E-state index in [0.29, 0.717) is 43.5 Å². The third-order valence-electron chi connectivity index (χ3n) is 6.80. The van der Waals surface area contributed by atoms with E-state index in [1.165, 1.54) is 12.1 Å². The fraction of sp³-hybridized carbons (Fsp3) is 0.423. The first-order valence-corrected chi connectivity index (χ1v) is 12.5. The van der Waals surface area contributed by atoms with E-state index >= 15 is 0 Å². The second-order valence-electron chi connectivity index (χ2n) is 9.93. The maximum atomic E-state index is 13.6. The van der Waals surface area contributed by atoms with E-state index in [2.05, 4.69) is 39.0 Å². The number of nitrogens with zero attached hydrogens (tertiary/aromatic N) is 7. The first kappa shape index (κ1) is 27.7. The molecule has 0 bridgehead atoms. The molecule has 12 heteroatoms. The van der Waals surface area contributed by atoms with Crippen LogP contribution in [0, 0.1) is 11.6 Å². The number of aromatic nitrogens is 4. The number of anilines is 3. The number of aliphatic hydroxyl groups is 1. The fourth-order valence-corrected chi connectivity index (χ4v) is 4.96. The summed E-state index contributed by atoms with van der Waals surface area (Å²) in [6.07, 6.45) is 6.74. The van der Waals surface area contributed by atoms with E-state index in [1.807, 2.05) is 22.1 Å². The molecule has 1 aromatic carbocycles. The summed E-state index contributed by atoms with van der Waals surface area (Å²) in [6, 6.07) is 5.50. The SMILES string of the molecule is CCc1c(/C=C/CN2CCN(c3cc(F)cc(F)c3)CC2)cnn1-c1cc(N2CC(C)(O)C2)nc(N)n1.Cl. The molecule has 2 aliphatic heterocycles. The number of hydrogen-bond acceptors (Lipinski definition) is 8. The average Bonchev–Trinajstić information content (AvgIpc) is 3.25. The van der Waals surface area contributed by atoms with E-state index in [4.69, 9.17) is 5.73 Å². The summed E-state index contributed by atoms with van der Waals surface area (Å²) in [7, 11) is 0. The van der Waals surface area contributed by atoms with Gasteiger partial charge in [0.15, 0.2) is 5.82 Å². The number of nitrogen functional groups attached to an aromatic ring is 1. The summed E-state index contributed by atoms with van der Waals surface area (Å²) in [5.41, 5.74) is 7.87. The summed E-state index contributed by atoms with van der Waals surface area (Å²) < 4.78 is 28.9. The quantitative estimate of drug-likeness (QED) is 0.467. The molecule has 38 heavy (non-hydrogen) atoms. The van der Waals surface area contributed by atoms with Gasteiger partial charge in [-0.2, -0.15) is 15.1 Å². The molecule has 2 saturated heterocycles. The number of piperazine rings is 1. The first-order chi connectivity index (χ1) is 17.7. The highest BCUT2D eigenvalue weighted by molar-refractivity contribution is 5.85. The molecule has 204 valence electrons. The van der Waals surface area contributed by atoms with Crippen LogP contribution in [0.4, 0.5) is 26.2 Å². The summed E-state index contributed by atoms with van der Waals surface area (Å²) in [5, 5.41) is 14.6. The Hall–Kier alpha value is -3.28. The molecule has 2 aliphatic rings. The highest BCUT2D eigenvalue weighted by Crippen LogP contribution is 2.28. The van der Waals surface area contributed by atoms with E-state index in [-0.39, 0.29) is 18.4 Å². The third-order valence-corrected chi connectivity index (χ3v) is 6.80. The van der Waals surface area contributed by atoms with Crippen molar-refractivity contribution in [2.45, 2.75) is 25.9 Å². The minimum absolute atomic E-state index is 0. The Labute approximate surface area is 227 Å². The van der Waals surface area contributed by atoms with Crippen LogP contribution in [0.2, 0.25) is 0 Å². The van der Waals surface area contributed by atoms with Crippen molar-refractivity contribution < 1.29 is 13.9 Å². The number of nitrogens with two attached hydrogens (primary N) is 1. The van der Waals surface area contributed by atoms with Crippen molar-refractivity contribution in [3.05, 3.63) is 59.4 Å². The molecule has 0 spiro atoms. The van der Waals surface area contributed by atoms with Gasteiger partial charge in [0.25, 0.3) is 0 Å². The zero-order valence-corrected chi connectivity index (χ0v) is 22.3. The monoisotopic (exact) mass is 546 g/mol. The van der Waals surface area contributed by atoms with Crippen molar-refractivity contribution in [1.82, 2.24) is 24.6 Å². The van der Waals surface area contributed by atoms with Gasteiger partial charge in [-0.25, -0.2) is 13.5 Å². The predicted molar refractivity (Wildman–Crippen MR) is 147 cm³/mol. The van der Waals surface area contributed by atoms with Crippen molar-refractivity contribution in [1.29, 1.82) is 0 Å². The molecule has 0 amide bonds. The van der Waals surface area contributed by atoms with Crippen molar-refractivity contribution in [2.24, 2.45) is 0 Å². The Kier molecular flexibility index (Phi) is 8.19. The number of β-amino-alcohol motifs (C(OH)–C–C–N with tert-alkyl or cyclic N) is 1. The minimum Gasteiger partial charge on any atom is -0.386 e. The minimum atomic E-state index is -0.720. The molecular formula is C26H33ClF2N8O. The molecule has 3 aromatic rings. The van der Waals surface area contributed by atoms with Gasteiger partial charge in [0.1, 0.15) is 17.5 Å². The topological polar surface area (TPSA) is 99.6 Å². The van der Waals surface area contributed by atoms with Gasteiger partial charge in [0, 0.05) is 69.2 Å². The lowest BCUT2D eigenvalue weighted by Crippen LogP contribution is -2.60. The third kappa shape index (κ3) is 6.06. The maximum Gasteiger partial charge on any atom is 0.224 e. The van der Waals surface area contributed by atoms with Crippen LogP contribution in [0.5, 0.6) is 0 Å². The summed E-state index contributed by atoms with van der Waals surface area (Å²) >= 11 is 0. The molecular weight excluding hydrogens is 514 g/mol. The number of benzene rings is 1. The smallest absolute Gasteiger partial charge is 0.224 e. The Morgan fingerprint density at radius 1 is 1.00 bits per heavy atom. The molecule has 9 nitrogen and oxygen atoms in total. The summed E-state index contributed by atoms with van der Waals surface area (Å²) in [6.45, 7) is 8.62. The normalized spacial score (nSPS) is 17.5. The molecule has 0 unspecified atom stereocenters. The van der Waals surface area contributed by atoms with Gasteiger partial charge in [0.05, 0.1) is 17.5 Å². The van der Waals surface area contributed by atoms with Crippen molar-refractivity contribution in [2.75, 3.05) is 61.3 Å². The molecule has 2 fully saturated rings. The lowest BCUT2D eigenvalue weighted by atomic mass is 9.97. The van der Waals surface area contributed by atoms with Crippen LogP contribution in [0.1, 0.15) is 25.1 Å². The second-order valence-corrected chi connectivity index (χ2v) is 9.93.